The van der Waals surface area contributed by atoms with Crippen LogP contribution >= 0.6 is 0 Å². The molecule has 0 saturated heterocycles. The molecule has 1 unspecified atom stereocenters. The second-order valence-corrected chi connectivity index (χ2v) is 6.60. The van der Waals surface area contributed by atoms with Gasteiger partial charge in [-0.3, -0.25) is 9.59 Å². The van der Waals surface area contributed by atoms with Crippen molar-refractivity contribution in [2.75, 3.05) is 6.54 Å². The quantitative estimate of drug-likeness (QED) is 0.728. The standard InChI is InChI=1S/C20H20N4O2/c1-14-16-7-3-2-6-15(16)10-12-23(14)19(25)11-13-24-20(26)17-8-4-5-9-18(17)21-22-24/h2-9,14H,10-13H2,1H3. The average Bonchev–Trinajstić information content (AvgIpc) is 2.68. The second-order valence-electron chi connectivity index (χ2n) is 6.60. The molecule has 4 rings (SSSR count). The van der Waals surface area contributed by atoms with Crippen molar-refractivity contribution >= 4 is 16.8 Å². The summed E-state index contributed by atoms with van der Waals surface area (Å²) in [4.78, 5) is 27.1. The van der Waals surface area contributed by atoms with Gasteiger partial charge in [-0.15, -0.1) is 5.10 Å². The summed E-state index contributed by atoms with van der Waals surface area (Å²) in [5.74, 6) is 0.0360. The molecule has 1 aliphatic heterocycles. The van der Waals surface area contributed by atoms with E-state index in [0.29, 0.717) is 17.4 Å². The number of fused-ring (bicyclic) bond motifs is 2. The van der Waals surface area contributed by atoms with Crippen LogP contribution in [-0.2, 0) is 17.8 Å². The Bertz CT molecular complexity index is 1030. The molecule has 2 heterocycles. The minimum atomic E-state index is -0.208. The fraction of sp³-hybridized carbons (Fsp3) is 0.300. The van der Waals surface area contributed by atoms with Crippen LogP contribution in [0.4, 0.5) is 0 Å². The molecule has 0 bridgehead atoms. The summed E-state index contributed by atoms with van der Waals surface area (Å²) in [7, 11) is 0. The van der Waals surface area contributed by atoms with E-state index in [4.69, 9.17) is 0 Å². The number of carbonyl (C=O) groups is 1. The highest BCUT2D eigenvalue weighted by molar-refractivity contribution is 5.78. The van der Waals surface area contributed by atoms with E-state index >= 15 is 0 Å². The van der Waals surface area contributed by atoms with Crippen molar-refractivity contribution in [1.29, 1.82) is 0 Å². The third-order valence-electron chi connectivity index (χ3n) is 5.08. The molecule has 0 radical (unpaired) electrons. The van der Waals surface area contributed by atoms with Crippen molar-refractivity contribution in [2.24, 2.45) is 0 Å². The zero-order valence-corrected chi connectivity index (χ0v) is 14.6. The first-order chi connectivity index (χ1) is 12.6. The molecular weight excluding hydrogens is 328 g/mol. The number of hydrogen-bond donors (Lipinski definition) is 0. The van der Waals surface area contributed by atoms with Gasteiger partial charge in [0.25, 0.3) is 5.56 Å². The maximum absolute atomic E-state index is 12.7. The molecule has 1 amide bonds. The molecule has 0 spiro atoms. The number of hydrogen-bond acceptors (Lipinski definition) is 4. The normalized spacial score (nSPS) is 16.5. The largest absolute Gasteiger partial charge is 0.336 e. The van der Waals surface area contributed by atoms with Gasteiger partial charge in [-0.1, -0.05) is 41.6 Å². The molecule has 1 aromatic heterocycles. The van der Waals surface area contributed by atoms with E-state index in [1.807, 2.05) is 23.1 Å². The summed E-state index contributed by atoms with van der Waals surface area (Å²) in [6.45, 7) is 2.99. The molecule has 2 aromatic carbocycles. The third-order valence-corrected chi connectivity index (χ3v) is 5.08. The molecule has 1 atom stereocenters. The van der Waals surface area contributed by atoms with E-state index < -0.39 is 0 Å². The van der Waals surface area contributed by atoms with E-state index in [9.17, 15) is 9.59 Å². The minimum Gasteiger partial charge on any atom is -0.336 e. The highest BCUT2D eigenvalue weighted by Crippen LogP contribution is 2.29. The predicted molar refractivity (Wildman–Crippen MR) is 98.7 cm³/mol. The number of rotatable bonds is 3. The Morgan fingerprint density at radius 1 is 1.15 bits per heavy atom. The highest BCUT2D eigenvalue weighted by Gasteiger charge is 2.27. The predicted octanol–water partition coefficient (Wildman–Crippen LogP) is 2.33. The maximum Gasteiger partial charge on any atom is 0.277 e. The SMILES string of the molecule is CC1c2ccccc2CCN1C(=O)CCn1nnc2ccccc2c1=O. The van der Waals surface area contributed by atoms with Crippen molar-refractivity contribution in [3.63, 3.8) is 0 Å². The highest BCUT2D eigenvalue weighted by atomic mass is 16.2. The first kappa shape index (κ1) is 16.4. The fourth-order valence-electron chi connectivity index (χ4n) is 3.63. The van der Waals surface area contributed by atoms with Crippen LogP contribution in [0.1, 0.15) is 30.5 Å². The van der Waals surface area contributed by atoms with Gasteiger partial charge in [-0.05, 0) is 36.6 Å². The molecule has 3 aromatic rings. The zero-order chi connectivity index (χ0) is 18.1. The summed E-state index contributed by atoms with van der Waals surface area (Å²) in [6, 6.07) is 15.4. The van der Waals surface area contributed by atoms with Crippen LogP contribution in [-0.4, -0.2) is 32.3 Å². The summed E-state index contributed by atoms with van der Waals surface area (Å²) in [6.07, 6.45) is 1.10. The van der Waals surface area contributed by atoms with Gasteiger partial charge >= 0.3 is 0 Å². The number of carbonyl (C=O) groups excluding carboxylic acids is 1. The van der Waals surface area contributed by atoms with Gasteiger partial charge in [-0.2, -0.15) is 0 Å². The van der Waals surface area contributed by atoms with Crippen LogP contribution in [0.15, 0.2) is 53.3 Å². The van der Waals surface area contributed by atoms with Gasteiger partial charge in [0.2, 0.25) is 5.91 Å². The first-order valence-corrected chi connectivity index (χ1v) is 8.85. The van der Waals surface area contributed by atoms with Gasteiger partial charge < -0.3 is 4.90 Å². The summed E-state index contributed by atoms with van der Waals surface area (Å²) in [5.41, 5.74) is 2.87. The van der Waals surface area contributed by atoms with Crippen LogP contribution in [0.25, 0.3) is 10.9 Å². The minimum absolute atomic E-state index is 0.0360. The van der Waals surface area contributed by atoms with Crippen LogP contribution < -0.4 is 5.56 Å². The van der Waals surface area contributed by atoms with Gasteiger partial charge in [-0.25, -0.2) is 4.68 Å². The number of aromatic nitrogens is 3. The van der Waals surface area contributed by atoms with Gasteiger partial charge in [0.15, 0.2) is 0 Å². The Hall–Kier alpha value is -3.02. The van der Waals surface area contributed by atoms with Crippen LogP contribution in [0.3, 0.4) is 0 Å². The number of amides is 1. The monoisotopic (exact) mass is 348 g/mol. The summed E-state index contributed by atoms with van der Waals surface area (Å²) in [5, 5.41) is 8.55. The lowest BCUT2D eigenvalue weighted by Crippen LogP contribution is -2.39. The van der Waals surface area contributed by atoms with Crippen molar-refractivity contribution in [2.45, 2.75) is 32.4 Å². The number of aryl methyl sites for hydroxylation is 1. The lowest BCUT2D eigenvalue weighted by molar-refractivity contribution is -0.134. The van der Waals surface area contributed by atoms with E-state index in [-0.39, 0.29) is 30.5 Å². The topological polar surface area (TPSA) is 68.1 Å². The number of benzene rings is 2. The van der Waals surface area contributed by atoms with Gasteiger partial charge in [0.1, 0.15) is 5.52 Å². The van der Waals surface area contributed by atoms with E-state index in [0.717, 1.165) is 6.42 Å². The van der Waals surface area contributed by atoms with Crippen LogP contribution in [0.5, 0.6) is 0 Å². The van der Waals surface area contributed by atoms with Gasteiger partial charge in [0.05, 0.1) is 18.0 Å². The Balaban J connectivity index is 1.50. The Morgan fingerprint density at radius 2 is 1.92 bits per heavy atom. The van der Waals surface area contributed by atoms with Crippen LogP contribution in [0.2, 0.25) is 0 Å². The molecule has 6 nitrogen and oxygen atoms in total. The van der Waals surface area contributed by atoms with Crippen molar-refractivity contribution < 1.29 is 4.79 Å². The molecule has 6 heteroatoms. The molecule has 1 aliphatic rings. The molecule has 0 aliphatic carbocycles. The summed E-state index contributed by atoms with van der Waals surface area (Å²) >= 11 is 0. The first-order valence-electron chi connectivity index (χ1n) is 8.85. The summed E-state index contributed by atoms with van der Waals surface area (Å²) < 4.78 is 1.28. The zero-order valence-electron chi connectivity index (χ0n) is 14.6. The fourth-order valence-corrected chi connectivity index (χ4v) is 3.63. The Morgan fingerprint density at radius 3 is 2.81 bits per heavy atom. The molecule has 0 saturated carbocycles. The van der Waals surface area contributed by atoms with E-state index in [2.05, 4.69) is 29.4 Å². The lowest BCUT2D eigenvalue weighted by Gasteiger charge is -2.35. The van der Waals surface area contributed by atoms with Crippen molar-refractivity contribution in [3.8, 4) is 0 Å². The van der Waals surface area contributed by atoms with E-state index in [1.54, 1.807) is 18.2 Å². The maximum atomic E-state index is 12.7. The van der Waals surface area contributed by atoms with Crippen LogP contribution in [0, 0.1) is 0 Å². The molecule has 0 fully saturated rings. The van der Waals surface area contributed by atoms with Crippen molar-refractivity contribution in [3.05, 3.63) is 70.0 Å². The molecular formula is C20H20N4O2. The van der Waals surface area contributed by atoms with Crippen molar-refractivity contribution in [1.82, 2.24) is 19.9 Å². The molecule has 0 N–H and O–H groups in total. The smallest absolute Gasteiger partial charge is 0.277 e. The Kier molecular flexibility index (Phi) is 4.24. The lowest BCUT2D eigenvalue weighted by atomic mass is 9.93. The van der Waals surface area contributed by atoms with E-state index in [1.165, 1.54) is 15.8 Å². The third kappa shape index (κ3) is 2.87. The average molecular weight is 348 g/mol. The van der Waals surface area contributed by atoms with Gasteiger partial charge in [0, 0.05) is 13.0 Å². The molecule has 26 heavy (non-hydrogen) atoms. The second kappa shape index (κ2) is 6.71. The Labute approximate surface area is 151 Å². The molecule has 132 valence electrons. The number of nitrogens with zero attached hydrogens (tertiary/aromatic N) is 4.